The molecule has 1 aliphatic rings. The average molecular weight is 277 g/mol. The summed E-state index contributed by atoms with van der Waals surface area (Å²) < 4.78 is 0. The van der Waals surface area contributed by atoms with E-state index in [0.717, 1.165) is 39.0 Å². The molecule has 1 aromatic rings. The first-order valence-electron chi connectivity index (χ1n) is 7.39. The van der Waals surface area contributed by atoms with Gasteiger partial charge in [0.05, 0.1) is 4.92 Å². The van der Waals surface area contributed by atoms with Crippen LogP contribution in [0.4, 0.5) is 5.69 Å². The molecule has 1 N–H and O–H groups in total. The van der Waals surface area contributed by atoms with Crippen molar-refractivity contribution in [3.8, 4) is 0 Å². The number of nitrogens with one attached hydrogen (secondary N) is 1. The number of hydrogen-bond acceptors (Lipinski definition) is 4. The van der Waals surface area contributed by atoms with Crippen LogP contribution in [0.2, 0.25) is 0 Å². The van der Waals surface area contributed by atoms with Crippen molar-refractivity contribution >= 4 is 5.69 Å². The summed E-state index contributed by atoms with van der Waals surface area (Å²) in [5.41, 5.74) is 1.34. The van der Waals surface area contributed by atoms with Gasteiger partial charge in [0.1, 0.15) is 0 Å². The summed E-state index contributed by atoms with van der Waals surface area (Å²) in [6.07, 6.45) is 3.34. The first-order valence-corrected chi connectivity index (χ1v) is 7.39. The predicted octanol–water partition coefficient (Wildman–Crippen LogP) is 2.21. The Balaban J connectivity index is 1.89. The van der Waals surface area contributed by atoms with Crippen molar-refractivity contribution in [2.75, 3.05) is 26.2 Å². The largest absolute Gasteiger partial charge is 0.315 e. The van der Waals surface area contributed by atoms with E-state index in [1.54, 1.807) is 12.1 Å². The van der Waals surface area contributed by atoms with Crippen molar-refractivity contribution in [1.29, 1.82) is 0 Å². The van der Waals surface area contributed by atoms with Gasteiger partial charge in [-0.15, -0.1) is 0 Å². The van der Waals surface area contributed by atoms with Gasteiger partial charge in [0.25, 0.3) is 5.69 Å². The Kier molecular flexibility index (Phi) is 5.49. The lowest BCUT2D eigenvalue weighted by molar-refractivity contribution is -0.384. The molecule has 110 valence electrons. The van der Waals surface area contributed by atoms with Crippen molar-refractivity contribution in [3.05, 3.63) is 39.9 Å². The second-order valence-corrected chi connectivity index (χ2v) is 5.36. The molecule has 0 aromatic heterocycles. The molecule has 0 bridgehead atoms. The second kappa shape index (κ2) is 7.36. The van der Waals surface area contributed by atoms with E-state index in [9.17, 15) is 10.1 Å². The fourth-order valence-corrected chi connectivity index (χ4v) is 2.77. The molecule has 5 heteroatoms. The lowest BCUT2D eigenvalue weighted by Gasteiger charge is -2.27. The number of non-ortho nitro benzene ring substituents is 1. The van der Waals surface area contributed by atoms with Crippen LogP contribution in [0.5, 0.6) is 0 Å². The number of hydrogen-bond donors (Lipinski definition) is 1. The summed E-state index contributed by atoms with van der Waals surface area (Å²) in [5, 5.41) is 14.0. The van der Waals surface area contributed by atoms with Gasteiger partial charge in [0, 0.05) is 31.3 Å². The minimum atomic E-state index is -0.350. The van der Waals surface area contributed by atoms with E-state index in [1.165, 1.54) is 12.0 Å². The van der Waals surface area contributed by atoms with Gasteiger partial charge < -0.3 is 5.32 Å². The Morgan fingerprint density at radius 1 is 1.35 bits per heavy atom. The van der Waals surface area contributed by atoms with Gasteiger partial charge in [-0.3, -0.25) is 15.0 Å². The highest BCUT2D eigenvalue weighted by molar-refractivity contribution is 5.32. The van der Waals surface area contributed by atoms with Gasteiger partial charge in [-0.2, -0.15) is 0 Å². The molecule has 1 fully saturated rings. The van der Waals surface area contributed by atoms with Crippen LogP contribution in [0.3, 0.4) is 0 Å². The molecule has 5 nitrogen and oxygen atoms in total. The van der Waals surface area contributed by atoms with E-state index < -0.39 is 0 Å². The Morgan fingerprint density at radius 3 is 2.65 bits per heavy atom. The fourth-order valence-electron chi connectivity index (χ4n) is 2.77. The first-order chi connectivity index (χ1) is 9.70. The molecule has 1 aliphatic heterocycles. The maximum Gasteiger partial charge on any atom is 0.269 e. The number of nitrogens with zero attached hydrogens (tertiary/aromatic N) is 2. The molecule has 1 saturated heterocycles. The molecule has 1 atom stereocenters. The number of benzene rings is 1. The van der Waals surface area contributed by atoms with E-state index in [-0.39, 0.29) is 10.6 Å². The Labute approximate surface area is 120 Å². The minimum absolute atomic E-state index is 0.166. The van der Waals surface area contributed by atoms with Crippen LogP contribution in [0.25, 0.3) is 0 Å². The Bertz CT molecular complexity index is 427. The minimum Gasteiger partial charge on any atom is -0.315 e. The molecule has 0 aliphatic carbocycles. The van der Waals surface area contributed by atoms with E-state index in [2.05, 4.69) is 17.1 Å². The third-order valence-electron chi connectivity index (χ3n) is 3.90. The summed E-state index contributed by atoms with van der Waals surface area (Å²) in [6, 6.07) is 7.57. The number of nitro groups is 1. The SMILES string of the molecule is CCCN(CCc1ccc([N+](=O)[O-])cc1)C1CCNC1. The van der Waals surface area contributed by atoms with Crippen molar-refractivity contribution < 1.29 is 4.92 Å². The molecule has 2 rings (SSSR count). The zero-order valence-corrected chi connectivity index (χ0v) is 12.0. The Hall–Kier alpha value is -1.46. The monoisotopic (exact) mass is 277 g/mol. The molecule has 0 spiro atoms. The summed E-state index contributed by atoms with van der Waals surface area (Å²) in [6.45, 7) is 6.56. The van der Waals surface area contributed by atoms with Gasteiger partial charge in [0.15, 0.2) is 0 Å². The Morgan fingerprint density at radius 2 is 2.10 bits per heavy atom. The quantitative estimate of drug-likeness (QED) is 0.613. The fraction of sp³-hybridized carbons (Fsp3) is 0.600. The molecule has 0 radical (unpaired) electrons. The summed E-state index contributed by atoms with van der Waals surface area (Å²) in [4.78, 5) is 12.8. The van der Waals surface area contributed by atoms with Crippen molar-refractivity contribution in [2.24, 2.45) is 0 Å². The maximum atomic E-state index is 10.6. The summed E-state index contributed by atoms with van der Waals surface area (Å²) in [5.74, 6) is 0. The smallest absolute Gasteiger partial charge is 0.269 e. The predicted molar refractivity (Wildman–Crippen MR) is 79.9 cm³/mol. The third-order valence-corrected chi connectivity index (χ3v) is 3.90. The highest BCUT2D eigenvalue weighted by Gasteiger charge is 2.21. The molecule has 1 unspecified atom stereocenters. The zero-order valence-electron chi connectivity index (χ0n) is 12.0. The van der Waals surface area contributed by atoms with Crippen LogP contribution in [-0.2, 0) is 6.42 Å². The molecule has 1 heterocycles. The maximum absolute atomic E-state index is 10.6. The molecule has 0 amide bonds. The molecule has 20 heavy (non-hydrogen) atoms. The first kappa shape index (κ1) is 14.9. The van der Waals surface area contributed by atoms with Crippen molar-refractivity contribution in [3.63, 3.8) is 0 Å². The summed E-state index contributed by atoms with van der Waals surface area (Å²) >= 11 is 0. The van der Waals surface area contributed by atoms with Gasteiger partial charge in [-0.25, -0.2) is 0 Å². The van der Waals surface area contributed by atoms with Gasteiger partial charge in [0.2, 0.25) is 0 Å². The lowest BCUT2D eigenvalue weighted by Crippen LogP contribution is -2.38. The summed E-state index contributed by atoms with van der Waals surface area (Å²) in [7, 11) is 0. The van der Waals surface area contributed by atoms with Crippen LogP contribution in [0.15, 0.2) is 24.3 Å². The normalized spacial score (nSPS) is 18.6. The van der Waals surface area contributed by atoms with E-state index in [4.69, 9.17) is 0 Å². The highest BCUT2D eigenvalue weighted by Crippen LogP contribution is 2.14. The van der Waals surface area contributed by atoms with Crippen LogP contribution in [0, 0.1) is 10.1 Å². The van der Waals surface area contributed by atoms with E-state index in [0.29, 0.717) is 6.04 Å². The standard InChI is InChI=1S/C15H23N3O2/c1-2-10-17(15-7-9-16-12-15)11-8-13-3-5-14(6-4-13)18(19)20/h3-6,15-16H,2,7-12H2,1H3. The average Bonchev–Trinajstić information content (AvgIpc) is 2.98. The van der Waals surface area contributed by atoms with Crippen LogP contribution in [0.1, 0.15) is 25.3 Å². The molecular weight excluding hydrogens is 254 g/mol. The second-order valence-electron chi connectivity index (χ2n) is 5.36. The van der Waals surface area contributed by atoms with Gasteiger partial charge >= 0.3 is 0 Å². The number of rotatable bonds is 7. The molecular formula is C15H23N3O2. The van der Waals surface area contributed by atoms with Crippen LogP contribution < -0.4 is 5.32 Å². The van der Waals surface area contributed by atoms with Gasteiger partial charge in [-0.05, 0) is 37.9 Å². The van der Waals surface area contributed by atoms with Crippen LogP contribution in [-0.4, -0.2) is 42.0 Å². The zero-order chi connectivity index (χ0) is 14.4. The highest BCUT2D eigenvalue weighted by atomic mass is 16.6. The van der Waals surface area contributed by atoms with Crippen molar-refractivity contribution in [1.82, 2.24) is 10.2 Å². The third kappa shape index (κ3) is 4.02. The van der Waals surface area contributed by atoms with E-state index >= 15 is 0 Å². The van der Waals surface area contributed by atoms with E-state index in [1.807, 2.05) is 12.1 Å². The van der Waals surface area contributed by atoms with Crippen molar-refractivity contribution in [2.45, 2.75) is 32.2 Å². The molecule has 1 aromatic carbocycles. The number of nitro benzene ring substituents is 1. The lowest BCUT2D eigenvalue weighted by atomic mass is 10.1. The van der Waals surface area contributed by atoms with Crippen LogP contribution >= 0.6 is 0 Å². The van der Waals surface area contributed by atoms with Gasteiger partial charge in [-0.1, -0.05) is 19.1 Å². The topological polar surface area (TPSA) is 58.4 Å². The molecule has 0 saturated carbocycles.